The van der Waals surface area contributed by atoms with Crippen molar-refractivity contribution in [3.63, 3.8) is 0 Å². The highest BCUT2D eigenvalue weighted by atomic mass is 16.6. The fourth-order valence-corrected chi connectivity index (χ4v) is 4.11. The molecular weight excluding hydrogens is 320 g/mol. The first-order chi connectivity index (χ1) is 12.1. The standard InChI is InChI=1S/C17H24N6O2/c1-4-10-7-11(25-17(24)22(2)3)8-12(10)16-21-20-14-9-19-15-13(23(14)16)5-6-18-15/h5-6,9-13,15,18H,4,7-8H2,1-3H3/t10-,11+,12+,13?,15?/m1/s1. The molecule has 1 fully saturated rings. The Bertz CT molecular complexity index is 725. The molecule has 1 amide bonds. The van der Waals surface area contributed by atoms with Crippen LogP contribution in [0.1, 0.15) is 49.8 Å². The summed E-state index contributed by atoms with van der Waals surface area (Å²) >= 11 is 0. The van der Waals surface area contributed by atoms with Crippen molar-refractivity contribution in [3.8, 4) is 0 Å². The molecule has 3 heterocycles. The number of hydrogen-bond acceptors (Lipinski definition) is 6. The van der Waals surface area contributed by atoms with E-state index >= 15 is 0 Å². The van der Waals surface area contributed by atoms with Gasteiger partial charge in [0.1, 0.15) is 18.1 Å². The second-order valence-corrected chi connectivity index (χ2v) is 7.17. The van der Waals surface area contributed by atoms with Crippen molar-refractivity contribution in [3.05, 3.63) is 23.9 Å². The van der Waals surface area contributed by atoms with Gasteiger partial charge < -0.3 is 15.0 Å². The van der Waals surface area contributed by atoms with Crippen molar-refractivity contribution >= 4 is 12.3 Å². The van der Waals surface area contributed by atoms with Crippen molar-refractivity contribution in [1.82, 2.24) is 25.0 Å². The van der Waals surface area contributed by atoms with E-state index < -0.39 is 0 Å². The van der Waals surface area contributed by atoms with E-state index in [2.05, 4.69) is 38.1 Å². The van der Waals surface area contributed by atoms with Gasteiger partial charge in [0.15, 0.2) is 5.82 Å². The van der Waals surface area contributed by atoms with Crippen LogP contribution < -0.4 is 5.32 Å². The number of aromatic nitrogens is 3. The Labute approximate surface area is 147 Å². The van der Waals surface area contributed by atoms with Gasteiger partial charge in [0, 0.05) is 20.0 Å². The first-order valence-corrected chi connectivity index (χ1v) is 8.87. The molecule has 3 aliphatic rings. The molecule has 5 atom stereocenters. The average molecular weight is 344 g/mol. The van der Waals surface area contributed by atoms with E-state index in [0.29, 0.717) is 5.92 Å². The molecule has 0 bridgehead atoms. The van der Waals surface area contributed by atoms with Crippen LogP contribution in [0, 0.1) is 5.92 Å². The molecule has 8 nitrogen and oxygen atoms in total. The third-order valence-electron chi connectivity index (χ3n) is 5.42. The molecule has 0 saturated heterocycles. The van der Waals surface area contributed by atoms with E-state index in [9.17, 15) is 4.79 Å². The first-order valence-electron chi connectivity index (χ1n) is 8.87. The Morgan fingerprint density at radius 2 is 2.24 bits per heavy atom. The lowest BCUT2D eigenvalue weighted by molar-refractivity contribution is 0.0752. The molecule has 1 aromatic heterocycles. The third kappa shape index (κ3) is 2.69. The summed E-state index contributed by atoms with van der Waals surface area (Å²) in [7, 11) is 3.42. The summed E-state index contributed by atoms with van der Waals surface area (Å²) < 4.78 is 7.83. The molecule has 2 unspecified atom stereocenters. The molecule has 0 radical (unpaired) electrons. The van der Waals surface area contributed by atoms with Crippen LogP contribution >= 0.6 is 0 Å². The molecule has 4 rings (SSSR count). The van der Waals surface area contributed by atoms with Gasteiger partial charge in [-0.1, -0.05) is 13.3 Å². The minimum Gasteiger partial charge on any atom is -0.446 e. The van der Waals surface area contributed by atoms with Gasteiger partial charge in [-0.25, -0.2) is 4.79 Å². The lowest BCUT2D eigenvalue weighted by Gasteiger charge is -2.26. The van der Waals surface area contributed by atoms with Crippen LogP contribution in [-0.2, 0) is 4.74 Å². The van der Waals surface area contributed by atoms with Crippen LogP contribution in [0.3, 0.4) is 0 Å². The molecule has 1 N–H and O–H groups in total. The van der Waals surface area contributed by atoms with E-state index in [0.717, 1.165) is 30.9 Å². The summed E-state index contributed by atoms with van der Waals surface area (Å²) in [6.07, 6.45) is 8.21. The molecule has 0 spiro atoms. The quantitative estimate of drug-likeness (QED) is 0.901. The smallest absolute Gasteiger partial charge is 0.409 e. The van der Waals surface area contributed by atoms with Crippen molar-refractivity contribution in [2.45, 2.75) is 50.4 Å². The summed E-state index contributed by atoms with van der Waals surface area (Å²) in [5, 5.41) is 12.1. The highest BCUT2D eigenvalue weighted by Gasteiger charge is 2.41. The fraction of sp³-hybridized carbons (Fsp3) is 0.647. The number of nitrogens with zero attached hydrogens (tertiary/aromatic N) is 5. The summed E-state index contributed by atoms with van der Waals surface area (Å²) in [6, 6.07) is 0.117. The maximum absolute atomic E-state index is 11.9. The highest BCUT2D eigenvalue weighted by molar-refractivity contribution is 5.76. The number of amides is 1. The zero-order valence-electron chi connectivity index (χ0n) is 14.8. The van der Waals surface area contributed by atoms with Crippen LogP contribution in [-0.4, -0.2) is 58.3 Å². The maximum Gasteiger partial charge on any atom is 0.409 e. The molecule has 1 saturated carbocycles. The number of carbonyl (C=O) groups is 1. The predicted octanol–water partition coefficient (Wildman–Crippen LogP) is 1.67. The van der Waals surface area contributed by atoms with Gasteiger partial charge in [-0.05, 0) is 31.0 Å². The lowest BCUT2D eigenvalue weighted by atomic mass is 9.92. The van der Waals surface area contributed by atoms with Crippen LogP contribution in [0.25, 0.3) is 0 Å². The zero-order chi connectivity index (χ0) is 17.6. The molecule has 134 valence electrons. The Morgan fingerprint density at radius 3 is 3.00 bits per heavy atom. The van der Waals surface area contributed by atoms with Crippen LogP contribution in [0.5, 0.6) is 0 Å². The fourth-order valence-electron chi connectivity index (χ4n) is 4.11. The van der Waals surface area contributed by atoms with Gasteiger partial charge in [0.2, 0.25) is 0 Å². The molecule has 8 heteroatoms. The molecule has 2 aliphatic heterocycles. The van der Waals surface area contributed by atoms with Gasteiger partial charge in [-0.3, -0.25) is 9.56 Å². The van der Waals surface area contributed by atoms with E-state index in [4.69, 9.17) is 4.74 Å². The number of ether oxygens (including phenoxy) is 1. The first kappa shape index (κ1) is 16.1. The van der Waals surface area contributed by atoms with Gasteiger partial charge in [-0.15, -0.1) is 10.2 Å². The summed E-state index contributed by atoms with van der Waals surface area (Å²) in [4.78, 5) is 17.9. The van der Waals surface area contributed by atoms with E-state index in [1.807, 2.05) is 6.20 Å². The second-order valence-electron chi connectivity index (χ2n) is 7.17. The van der Waals surface area contributed by atoms with Crippen molar-refractivity contribution in [2.75, 3.05) is 14.1 Å². The predicted molar refractivity (Wildman–Crippen MR) is 92.4 cm³/mol. The number of carbonyl (C=O) groups excluding carboxylic acids is 1. The lowest BCUT2D eigenvalue weighted by Crippen LogP contribution is -2.33. The zero-order valence-corrected chi connectivity index (χ0v) is 14.8. The van der Waals surface area contributed by atoms with Crippen LogP contribution in [0.4, 0.5) is 4.79 Å². The molecular formula is C17H24N6O2. The average Bonchev–Trinajstić information content (AvgIpc) is 3.30. The topological polar surface area (TPSA) is 84.6 Å². The highest BCUT2D eigenvalue weighted by Crippen LogP contribution is 2.43. The number of fused-ring (bicyclic) bond motifs is 3. The molecule has 0 aromatic carbocycles. The number of nitrogens with one attached hydrogen (secondary N) is 1. The molecule has 25 heavy (non-hydrogen) atoms. The molecule has 1 aromatic rings. The normalized spacial score (nSPS) is 32.2. The van der Waals surface area contributed by atoms with Crippen molar-refractivity contribution < 1.29 is 9.53 Å². The van der Waals surface area contributed by atoms with E-state index in [-0.39, 0.29) is 30.3 Å². The monoisotopic (exact) mass is 344 g/mol. The number of rotatable bonds is 3. The van der Waals surface area contributed by atoms with E-state index in [1.54, 1.807) is 20.3 Å². The maximum atomic E-state index is 11.9. The minimum atomic E-state index is -0.279. The molecule has 1 aliphatic carbocycles. The number of hydrogen-bond donors (Lipinski definition) is 1. The Balaban J connectivity index is 1.60. The summed E-state index contributed by atoms with van der Waals surface area (Å²) in [6.45, 7) is 2.18. The third-order valence-corrected chi connectivity index (χ3v) is 5.42. The largest absolute Gasteiger partial charge is 0.446 e. The van der Waals surface area contributed by atoms with Crippen LogP contribution in [0.2, 0.25) is 0 Å². The minimum absolute atomic E-state index is 0.0195. The van der Waals surface area contributed by atoms with E-state index in [1.165, 1.54) is 4.90 Å². The second kappa shape index (κ2) is 6.16. The SMILES string of the molecule is CC[C@@H]1C[C@H](OC(=O)N(C)C)C[C@@H]1c1nnc2n1C1C=CNC1N=C2. The van der Waals surface area contributed by atoms with Gasteiger partial charge in [-0.2, -0.15) is 0 Å². The Morgan fingerprint density at radius 1 is 1.40 bits per heavy atom. The number of aliphatic imine (C=N–C) groups is 1. The Hall–Kier alpha value is -2.38. The van der Waals surface area contributed by atoms with Gasteiger partial charge in [0.05, 0.1) is 12.3 Å². The van der Waals surface area contributed by atoms with Crippen molar-refractivity contribution in [2.24, 2.45) is 10.9 Å². The van der Waals surface area contributed by atoms with Gasteiger partial charge in [0.25, 0.3) is 0 Å². The summed E-state index contributed by atoms with van der Waals surface area (Å²) in [5.41, 5.74) is 0. The van der Waals surface area contributed by atoms with Gasteiger partial charge >= 0.3 is 6.09 Å². The van der Waals surface area contributed by atoms with Crippen molar-refractivity contribution in [1.29, 1.82) is 0 Å². The van der Waals surface area contributed by atoms with Crippen LogP contribution in [0.15, 0.2) is 17.3 Å². The summed E-state index contributed by atoms with van der Waals surface area (Å²) in [5.74, 6) is 2.46. The Kier molecular flexibility index (Phi) is 3.97.